The monoisotopic (exact) mass is 269 g/mol. The molecule has 0 spiro atoms. The van der Waals surface area contributed by atoms with Crippen LogP contribution in [-0.2, 0) is 0 Å². The van der Waals surface area contributed by atoms with Crippen molar-refractivity contribution in [3.05, 3.63) is 65.2 Å². The van der Waals surface area contributed by atoms with Gasteiger partial charge in [0.15, 0.2) is 0 Å². The quantitative estimate of drug-likeness (QED) is 0.837. The Morgan fingerprint density at radius 1 is 1.10 bits per heavy atom. The Balaban J connectivity index is 2.17. The summed E-state index contributed by atoms with van der Waals surface area (Å²) in [7, 11) is 0. The second-order valence-electron chi connectivity index (χ2n) is 5.32. The first kappa shape index (κ1) is 14.6. The van der Waals surface area contributed by atoms with Crippen LogP contribution >= 0.6 is 0 Å². The Labute approximate surface area is 121 Å². The second kappa shape index (κ2) is 6.58. The van der Waals surface area contributed by atoms with Crippen molar-refractivity contribution in [2.45, 2.75) is 39.3 Å². The Morgan fingerprint density at radius 2 is 1.80 bits per heavy atom. The fraction of sp³-hybridized carbons (Fsp3) is 0.333. The molecule has 0 aliphatic rings. The zero-order chi connectivity index (χ0) is 14.5. The largest absolute Gasteiger partial charge is 0.508 e. The van der Waals surface area contributed by atoms with Crippen LogP contribution in [0.1, 0.15) is 49.0 Å². The minimum absolute atomic E-state index is 0.111. The first-order valence-corrected chi connectivity index (χ1v) is 7.22. The van der Waals surface area contributed by atoms with Gasteiger partial charge in [-0.3, -0.25) is 0 Å². The van der Waals surface area contributed by atoms with Gasteiger partial charge < -0.3 is 10.4 Å². The van der Waals surface area contributed by atoms with E-state index in [9.17, 15) is 5.11 Å². The second-order valence-corrected chi connectivity index (χ2v) is 5.32. The zero-order valence-electron chi connectivity index (χ0n) is 12.4. The van der Waals surface area contributed by atoms with E-state index in [1.807, 2.05) is 25.1 Å². The molecule has 2 rings (SSSR count). The SMILES string of the molecule is CCC(NC(C)c1cc(C)ccc1O)c1ccccc1. The molecule has 0 aliphatic carbocycles. The number of benzene rings is 2. The van der Waals surface area contributed by atoms with Gasteiger partial charge in [0, 0.05) is 17.6 Å². The van der Waals surface area contributed by atoms with Crippen LogP contribution in [0, 0.1) is 6.92 Å². The maximum atomic E-state index is 10.0. The van der Waals surface area contributed by atoms with E-state index in [0.29, 0.717) is 11.8 Å². The third-order valence-electron chi connectivity index (χ3n) is 3.71. The summed E-state index contributed by atoms with van der Waals surface area (Å²) in [5.41, 5.74) is 3.41. The molecule has 2 heteroatoms. The van der Waals surface area contributed by atoms with Crippen molar-refractivity contribution in [3.63, 3.8) is 0 Å². The van der Waals surface area contributed by atoms with Crippen LogP contribution in [0.3, 0.4) is 0 Å². The molecule has 2 unspecified atom stereocenters. The van der Waals surface area contributed by atoms with E-state index < -0.39 is 0 Å². The van der Waals surface area contributed by atoms with E-state index >= 15 is 0 Å². The first-order chi connectivity index (χ1) is 9.61. The van der Waals surface area contributed by atoms with Crippen molar-refractivity contribution in [1.29, 1.82) is 0 Å². The van der Waals surface area contributed by atoms with E-state index in [4.69, 9.17) is 0 Å². The lowest BCUT2D eigenvalue weighted by Crippen LogP contribution is -2.24. The maximum absolute atomic E-state index is 10.0. The number of aryl methyl sites for hydroxylation is 1. The lowest BCUT2D eigenvalue weighted by atomic mass is 10.00. The molecule has 0 radical (unpaired) electrons. The zero-order valence-corrected chi connectivity index (χ0v) is 12.4. The van der Waals surface area contributed by atoms with Crippen LogP contribution < -0.4 is 5.32 Å². The maximum Gasteiger partial charge on any atom is 0.120 e. The molecule has 2 atom stereocenters. The van der Waals surface area contributed by atoms with Crippen molar-refractivity contribution in [2.24, 2.45) is 0 Å². The van der Waals surface area contributed by atoms with Crippen molar-refractivity contribution >= 4 is 0 Å². The van der Waals surface area contributed by atoms with Gasteiger partial charge in [0.25, 0.3) is 0 Å². The van der Waals surface area contributed by atoms with Gasteiger partial charge >= 0.3 is 0 Å². The predicted octanol–water partition coefficient (Wildman–Crippen LogP) is 4.50. The summed E-state index contributed by atoms with van der Waals surface area (Å²) in [5, 5.41) is 13.6. The summed E-state index contributed by atoms with van der Waals surface area (Å²) in [6.07, 6.45) is 1.01. The summed E-state index contributed by atoms with van der Waals surface area (Å²) in [4.78, 5) is 0. The number of rotatable bonds is 5. The summed E-state index contributed by atoms with van der Waals surface area (Å²) < 4.78 is 0. The molecule has 2 nitrogen and oxygen atoms in total. The number of aromatic hydroxyl groups is 1. The fourth-order valence-electron chi connectivity index (χ4n) is 2.55. The average Bonchev–Trinajstić information content (AvgIpc) is 2.48. The van der Waals surface area contributed by atoms with Gasteiger partial charge in [-0.15, -0.1) is 0 Å². The van der Waals surface area contributed by atoms with Gasteiger partial charge in [-0.2, -0.15) is 0 Å². The molecule has 0 heterocycles. The lowest BCUT2D eigenvalue weighted by molar-refractivity contribution is 0.424. The molecule has 2 N–H and O–H groups in total. The summed E-state index contributed by atoms with van der Waals surface area (Å²) in [6, 6.07) is 16.6. The molecular formula is C18H23NO. The minimum atomic E-state index is 0.111. The normalized spacial score (nSPS) is 13.9. The number of hydrogen-bond acceptors (Lipinski definition) is 2. The highest BCUT2D eigenvalue weighted by atomic mass is 16.3. The highest BCUT2D eigenvalue weighted by Gasteiger charge is 2.16. The molecule has 0 saturated carbocycles. The average molecular weight is 269 g/mol. The third kappa shape index (κ3) is 3.40. The number of nitrogens with one attached hydrogen (secondary N) is 1. The van der Waals surface area contributed by atoms with Crippen molar-refractivity contribution < 1.29 is 5.11 Å². The van der Waals surface area contributed by atoms with Gasteiger partial charge in [-0.25, -0.2) is 0 Å². The van der Waals surface area contributed by atoms with Crippen molar-refractivity contribution in [3.8, 4) is 5.75 Å². The molecule has 0 saturated heterocycles. The van der Waals surface area contributed by atoms with Crippen molar-refractivity contribution in [1.82, 2.24) is 5.32 Å². The molecule has 0 fully saturated rings. The Morgan fingerprint density at radius 3 is 2.45 bits per heavy atom. The third-order valence-corrected chi connectivity index (χ3v) is 3.71. The number of phenolic OH excluding ortho intramolecular Hbond substituents is 1. The topological polar surface area (TPSA) is 32.3 Å². The summed E-state index contributed by atoms with van der Waals surface area (Å²) >= 11 is 0. The summed E-state index contributed by atoms with van der Waals surface area (Å²) in [5.74, 6) is 0.360. The lowest BCUT2D eigenvalue weighted by Gasteiger charge is -2.24. The number of phenols is 1. The molecule has 106 valence electrons. The van der Waals surface area contributed by atoms with Crippen LogP contribution in [0.4, 0.5) is 0 Å². The highest BCUT2D eigenvalue weighted by molar-refractivity contribution is 5.38. The number of hydrogen-bond donors (Lipinski definition) is 2. The van der Waals surface area contributed by atoms with Gasteiger partial charge in [-0.05, 0) is 31.9 Å². The van der Waals surface area contributed by atoms with Gasteiger partial charge in [0.1, 0.15) is 5.75 Å². The van der Waals surface area contributed by atoms with Crippen LogP contribution in [0.2, 0.25) is 0 Å². The fourth-order valence-corrected chi connectivity index (χ4v) is 2.55. The Bertz CT molecular complexity index is 551. The molecule has 0 aromatic heterocycles. The highest BCUT2D eigenvalue weighted by Crippen LogP contribution is 2.28. The smallest absolute Gasteiger partial charge is 0.120 e. The van der Waals surface area contributed by atoms with Crippen LogP contribution in [0.15, 0.2) is 48.5 Å². The molecular weight excluding hydrogens is 246 g/mol. The predicted molar refractivity (Wildman–Crippen MR) is 83.9 cm³/mol. The Kier molecular flexibility index (Phi) is 4.80. The van der Waals surface area contributed by atoms with Crippen LogP contribution in [-0.4, -0.2) is 5.11 Å². The molecule has 0 amide bonds. The van der Waals surface area contributed by atoms with Gasteiger partial charge in [0.2, 0.25) is 0 Å². The first-order valence-electron chi connectivity index (χ1n) is 7.22. The van der Waals surface area contributed by atoms with E-state index in [0.717, 1.165) is 12.0 Å². The molecule has 2 aromatic carbocycles. The van der Waals surface area contributed by atoms with Crippen LogP contribution in [0.5, 0.6) is 5.75 Å². The minimum Gasteiger partial charge on any atom is -0.508 e. The Hall–Kier alpha value is -1.80. The van der Waals surface area contributed by atoms with E-state index in [-0.39, 0.29) is 6.04 Å². The molecule has 0 bridgehead atoms. The van der Waals surface area contributed by atoms with Gasteiger partial charge in [0.05, 0.1) is 0 Å². The van der Waals surface area contributed by atoms with Crippen molar-refractivity contribution in [2.75, 3.05) is 0 Å². The van der Waals surface area contributed by atoms with E-state index in [2.05, 4.69) is 43.4 Å². The molecule has 2 aromatic rings. The standard InChI is InChI=1S/C18H23NO/c1-4-17(15-8-6-5-7-9-15)19-14(3)16-12-13(2)10-11-18(16)20/h5-12,14,17,19-20H,4H2,1-3H3. The van der Waals surface area contributed by atoms with E-state index in [1.165, 1.54) is 11.1 Å². The van der Waals surface area contributed by atoms with Crippen LogP contribution in [0.25, 0.3) is 0 Å². The molecule has 20 heavy (non-hydrogen) atoms. The van der Waals surface area contributed by atoms with Gasteiger partial charge in [-0.1, -0.05) is 55.0 Å². The van der Waals surface area contributed by atoms with E-state index in [1.54, 1.807) is 6.07 Å². The molecule has 0 aliphatic heterocycles. The summed E-state index contributed by atoms with van der Waals surface area (Å²) in [6.45, 7) is 6.32.